The van der Waals surface area contributed by atoms with Gasteiger partial charge in [-0.2, -0.15) is 0 Å². The average molecular weight is 537 g/mol. The van der Waals surface area contributed by atoms with Crippen molar-refractivity contribution in [3.05, 3.63) is 68.3 Å². The molecule has 1 aliphatic heterocycles. The number of thioether (sulfide) groups is 1. The van der Waals surface area contributed by atoms with E-state index in [0.29, 0.717) is 48.0 Å². The van der Waals surface area contributed by atoms with Crippen molar-refractivity contribution < 1.29 is 9.59 Å². The maximum Gasteiger partial charge on any atom is 0.263 e. The van der Waals surface area contributed by atoms with E-state index in [0.717, 1.165) is 35.3 Å². The molecule has 9 heteroatoms. The molecule has 0 unspecified atom stereocenters. The summed E-state index contributed by atoms with van der Waals surface area (Å²) >= 11 is 2.80. The Morgan fingerprint density at radius 2 is 2.00 bits per heavy atom. The third-order valence-electron chi connectivity index (χ3n) is 7.04. The predicted molar refractivity (Wildman–Crippen MR) is 149 cm³/mol. The Morgan fingerprint density at radius 1 is 1.16 bits per heavy atom. The van der Waals surface area contributed by atoms with Gasteiger partial charge in [-0.1, -0.05) is 53.7 Å². The minimum absolute atomic E-state index is 0.0413. The van der Waals surface area contributed by atoms with E-state index in [-0.39, 0.29) is 23.1 Å². The van der Waals surface area contributed by atoms with Crippen molar-refractivity contribution in [2.75, 3.05) is 18.8 Å². The maximum absolute atomic E-state index is 13.8. The lowest BCUT2D eigenvalue weighted by Crippen LogP contribution is -2.34. The Hall–Kier alpha value is -2.91. The summed E-state index contributed by atoms with van der Waals surface area (Å²) in [5.74, 6) is 0.193. The van der Waals surface area contributed by atoms with Gasteiger partial charge in [0.1, 0.15) is 4.83 Å². The Balaban J connectivity index is 1.38. The van der Waals surface area contributed by atoms with Crippen LogP contribution in [0.5, 0.6) is 0 Å². The summed E-state index contributed by atoms with van der Waals surface area (Å²) in [7, 11) is 0. The van der Waals surface area contributed by atoms with E-state index in [1.807, 2.05) is 35.2 Å². The Labute approximate surface area is 225 Å². The molecule has 2 aromatic heterocycles. The lowest BCUT2D eigenvalue weighted by Gasteiger charge is -2.25. The molecule has 2 aliphatic rings. The number of amides is 2. The summed E-state index contributed by atoms with van der Waals surface area (Å²) in [6, 6.07) is 9.85. The van der Waals surface area contributed by atoms with Crippen LogP contribution in [0.3, 0.4) is 0 Å². The minimum atomic E-state index is -0.0743. The molecule has 3 heterocycles. The normalized spacial score (nSPS) is 15.4. The molecular weight excluding hydrogens is 504 g/mol. The van der Waals surface area contributed by atoms with Crippen LogP contribution in [0.4, 0.5) is 0 Å². The molecule has 1 aliphatic carbocycles. The van der Waals surface area contributed by atoms with Crippen LogP contribution in [0.1, 0.15) is 55.0 Å². The van der Waals surface area contributed by atoms with Gasteiger partial charge >= 0.3 is 0 Å². The van der Waals surface area contributed by atoms with Gasteiger partial charge in [0.2, 0.25) is 11.8 Å². The fourth-order valence-electron chi connectivity index (χ4n) is 5.02. The van der Waals surface area contributed by atoms with E-state index in [9.17, 15) is 14.4 Å². The second kappa shape index (κ2) is 11.6. The third-order valence-corrected chi connectivity index (χ3v) is 9.13. The lowest BCUT2D eigenvalue weighted by atomic mass is 9.97. The summed E-state index contributed by atoms with van der Waals surface area (Å²) in [4.78, 5) is 46.8. The zero-order valence-corrected chi connectivity index (χ0v) is 22.8. The molecule has 37 heavy (non-hydrogen) atoms. The number of hydrogen-bond donors (Lipinski definition) is 1. The first kappa shape index (κ1) is 25.7. The van der Waals surface area contributed by atoms with E-state index in [1.54, 1.807) is 11.5 Å². The van der Waals surface area contributed by atoms with Crippen molar-refractivity contribution in [2.24, 2.45) is 0 Å². The number of rotatable bonds is 8. The number of nitrogens with one attached hydrogen (secondary N) is 1. The second-order valence-electron chi connectivity index (χ2n) is 9.64. The zero-order chi connectivity index (χ0) is 25.8. The Morgan fingerprint density at radius 3 is 2.76 bits per heavy atom. The van der Waals surface area contributed by atoms with Crippen LogP contribution in [-0.4, -0.2) is 45.1 Å². The first-order chi connectivity index (χ1) is 18.0. The van der Waals surface area contributed by atoms with Gasteiger partial charge in [0, 0.05) is 24.9 Å². The van der Waals surface area contributed by atoms with Gasteiger partial charge in [-0.25, -0.2) is 4.98 Å². The van der Waals surface area contributed by atoms with Crippen LogP contribution in [0.25, 0.3) is 10.2 Å². The fourth-order valence-corrected chi connectivity index (χ4v) is 7.12. The third kappa shape index (κ3) is 5.99. The van der Waals surface area contributed by atoms with Crippen LogP contribution in [0, 0.1) is 0 Å². The number of carbonyl (C=O) groups is 2. The van der Waals surface area contributed by atoms with E-state index in [2.05, 4.69) is 11.4 Å². The van der Waals surface area contributed by atoms with Crippen molar-refractivity contribution in [1.29, 1.82) is 0 Å². The largest absolute Gasteiger partial charge is 0.355 e. The molecule has 3 aromatic rings. The minimum Gasteiger partial charge on any atom is -0.355 e. The molecule has 1 N–H and O–H groups in total. The van der Waals surface area contributed by atoms with E-state index < -0.39 is 0 Å². The molecule has 1 aromatic carbocycles. The molecule has 0 atom stereocenters. The average Bonchev–Trinajstić information content (AvgIpc) is 3.28. The van der Waals surface area contributed by atoms with Crippen LogP contribution in [0.15, 0.2) is 51.9 Å². The van der Waals surface area contributed by atoms with Crippen molar-refractivity contribution in [3.63, 3.8) is 0 Å². The molecule has 0 spiro atoms. The van der Waals surface area contributed by atoms with Gasteiger partial charge in [0.05, 0.1) is 24.2 Å². The standard InChI is InChI=1S/C28H32N4O3S2/c1-19(33)31-15-13-22-23(17-31)37-26-25(22)27(35)32(16-21-10-6-3-7-11-21)28(30-26)36-18-24(34)29-14-12-20-8-4-2-5-9-20/h3,6-8,10-11H,2,4-5,9,12-18H2,1H3,(H,29,34). The number of fused-ring (bicyclic) bond motifs is 3. The van der Waals surface area contributed by atoms with Gasteiger partial charge in [-0.3, -0.25) is 19.0 Å². The van der Waals surface area contributed by atoms with Crippen LogP contribution < -0.4 is 10.9 Å². The van der Waals surface area contributed by atoms with E-state index in [1.165, 1.54) is 41.5 Å². The molecule has 7 nitrogen and oxygen atoms in total. The summed E-state index contributed by atoms with van der Waals surface area (Å²) in [5, 5.41) is 4.24. The molecule has 0 fully saturated rings. The van der Waals surface area contributed by atoms with Crippen LogP contribution >= 0.6 is 23.1 Å². The first-order valence-electron chi connectivity index (χ1n) is 12.9. The molecule has 0 saturated heterocycles. The van der Waals surface area contributed by atoms with Crippen LogP contribution in [-0.2, 0) is 29.1 Å². The molecule has 5 rings (SSSR count). The molecular formula is C28H32N4O3S2. The van der Waals surface area contributed by atoms with E-state index >= 15 is 0 Å². The highest BCUT2D eigenvalue weighted by molar-refractivity contribution is 7.99. The van der Waals surface area contributed by atoms with Crippen molar-refractivity contribution in [3.8, 4) is 0 Å². The Bertz CT molecular complexity index is 1390. The van der Waals surface area contributed by atoms with Crippen molar-refractivity contribution in [1.82, 2.24) is 19.8 Å². The second-order valence-corrected chi connectivity index (χ2v) is 11.7. The number of hydrogen-bond acceptors (Lipinski definition) is 6. The molecule has 0 radical (unpaired) electrons. The summed E-state index contributed by atoms with van der Waals surface area (Å²) in [6.45, 7) is 3.74. The van der Waals surface area contributed by atoms with Crippen LogP contribution in [0.2, 0.25) is 0 Å². The van der Waals surface area contributed by atoms with Crippen molar-refractivity contribution >= 4 is 45.1 Å². The quantitative estimate of drug-likeness (QED) is 0.260. The van der Waals surface area contributed by atoms with Gasteiger partial charge in [0.25, 0.3) is 5.56 Å². The smallest absolute Gasteiger partial charge is 0.263 e. The van der Waals surface area contributed by atoms with Gasteiger partial charge in [0.15, 0.2) is 5.16 Å². The zero-order valence-electron chi connectivity index (χ0n) is 21.1. The van der Waals surface area contributed by atoms with Gasteiger partial charge < -0.3 is 10.2 Å². The van der Waals surface area contributed by atoms with Crippen molar-refractivity contribution in [2.45, 2.75) is 63.7 Å². The topological polar surface area (TPSA) is 84.3 Å². The fraction of sp³-hybridized carbons (Fsp3) is 0.429. The highest BCUT2D eigenvalue weighted by atomic mass is 32.2. The van der Waals surface area contributed by atoms with Gasteiger partial charge in [-0.15, -0.1) is 11.3 Å². The van der Waals surface area contributed by atoms with Gasteiger partial charge in [-0.05, 0) is 49.7 Å². The lowest BCUT2D eigenvalue weighted by molar-refractivity contribution is -0.129. The monoisotopic (exact) mass is 536 g/mol. The predicted octanol–water partition coefficient (Wildman–Crippen LogP) is 4.51. The number of carbonyl (C=O) groups excluding carboxylic acids is 2. The molecule has 2 amide bonds. The summed E-state index contributed by atoms with van der Waals surface area (Å²) in [5.41, 5.74) is 3.38. The number of benzene rings is 1. The number of allylic oxidation sites excluding steroid dienone is 1. The highest BCUT2D eigenvalue weighted by Crippen LogP contribution is 2.34. The maximum atomic E-state index is 13.8. The highest BCUT2D eigenvalue weighted by Gasteiger charge is 2.26. The first-order valence-corrected chi connectivity index (χ1v) is 14.7. The SMILES string of the molecule is CC(=O)N1CCc2c(sc3nc(SCC(=O)NCCC4=CCCCC4)n(Cc4ccccc4)c(=O)c23)C1. The number of thiophene rings is 1. The van der Waals surface area contributed by atoms with E-state index in [4.69, 9.17) is 4.98 Å². The molecule has 194 valence electrons. The molecule has 0 saturated carbocycles. The molecule has 0 bridgehead atoms. The summed E-state index contributed by atoms with van der Waals surface area (Å²) in [6.07, 6.45) is 8.64. The number of nitrogens with zero attached hydrogens (tertiary/aromatic N) is 3. The number of aromatic nitrogens is 2. The summed E-state index contributed by atoms with van der Waals surface area (Å²) < 4.78 is 1.70. The Kier molecular flexibility index (Phi) is 8.10.